The van der Waals surface area contributed by atoms with Crippen molar-refractivity contribution in [1.29, 1.82) is 5.26 Å². The molecule has 216 valence electrons. The first-order valence-corrected chi connectivity index (χ1v) is 14.5. The zero-order chi connectivity index (χ0) is 29.2. The highest BCUT2D eigenvalue weighted by Crippen LogP contribution is 2.33. The molecule has 0 saturated carbocycles. The van der Waals surface area contributed by atoms with Crippen LogP contribution in [0.5, 0.6) is 0 Å². The summed E-state index contributed by atoms with van der Waals surface area (Å²) in [5.41, 5.74) is 6.35. The van der Waals surface area contributed by atoms with E-state index in [-0.39, 0.29) is 18.0 Å². The molecule has 42 heavy (non-hydrogen) atoms. The maximum atomic E-state index is 12.3. The molecule has 0 spiro atoms. The Labute approximate surface area is 246 Å². The number of hydrogen-bond acceptors (Lipinski definition) is 7. The third kappa shape index (κ3) is 5.41. The lowest BCUT2D eigenvalue weighted by molar-refractivity contribution is -0.130. The lowest BCUT2D eigenvalue weighted by Gasteiger charge is -2.45. The van der Waals surface area contributed by atoms with Gasteiger partial charge in [0.1, 0.15) is 6.07 Å². The zero-order valence-electron chi connectivity index (χ0n) is 24.2. The van der Waals surface area contributed by atoms with Crippen LogP contribution in [-0.4, -0.2) is 93.1 Å². The van der Waals surface area contributed by atoms with Crippen molar-refractivity contribution in [1.82, 2.24) is 29.2 Å². The van der Waals surface area contributed by atoms with Gasteiger partial charge in [0.25, 0.3) is 0 Å². The Hall–Kier alpha value is -4.46. The maximum absolute atomic E-state index is 12.3. The largest absolute Gasteiger partial charge is 0.379 e. The van der Waals surface area contributed by atoms with Gasteiger partial charge >= 0.3 is 0 Å². The fourth-order valence-corrected chi connectivity index (χ4v) is 6.21. The SMILES string of the molecule is C=CC(=O)N1[C@H](C)CN(c2ccc(-c3cc(-c4cnn(CCN5CCOCC5)c4)cn4ncc(C#N)c34)cc2)C[C@@H]1C. The van der Waals surface area contributed by atoms with Gasteiger partial charge in [-0.25, -0.2) is 4.52 Å². The van der Waals surface area contributed by atoms with Gasteiger partial charge in [-0.3, -0.25) is 14.4 Å². The second-order valence-corrected chi connectivity index (χ2v) is 11.2. The van der Waals surface area contributed by atoms with Crippen LogP contribution in [0.1, 0.15) is 19.4 Å². The Balaban J connectivity index is 1.27. The number of rotatable bonds is 7. The van der Waals surface area contributed by atoms with Gasteiger partial charge in [-0.15, -0.1) is 0 Å². The first-order valence-electron chi connectivity index (χ1n) is 14.5. The second kappa shape index (κ2) is 11.8. The summed E-state index contributed by atoms with van der Waals surface area (Å²) in [7, 11) is 0. The standard InChI is InChI=1S/C32H36N8O2/c1-4-31(41)40-23(2)19-37(20-24(40)3)29-7-5-25(6-8-29)30-15-26(22-39-32(30)27(16-33)17-35-39)28-18-34-38(21-28)10-9-36-11-13-42-14-12-36/h4-8,15,17-18,21-24H,1,9-14,19-20H2,2-3H3/t23-,24+. The summed E-state index contributed by atoms with van der Waals surface area (Å²) in [6, 6.07) is 13.0. The molecule has 2 fully saturated rings. The van der Waals surface area contributed by atoms with Gasteiger partial charge in [0, 0.05) is 79.6 Å². The number of aromatic nitrogens is 4. The Kier molecular flexibility index (Phi) is 7.78. The number of nitrogens with zero attached hydrogens (tertiary/aromatic N) is 8. The Morgan fingerprint density at radius 3 is 2.45 bits per heavy atom. The van der Waals surface area contributed by atoms with Gasteiger partial charge in [-0.05, 0) is 43.7 Å². The molecule has 3 aromatic heterocycles. The van der Waals surface area contributed by atoms with E-state index in [9.17, 15) is 10.1 Å². The minimum atomic E-state index is -0.0226. The number of piperazine rings is 1. The van der Waals surface area contributed by atoms with Crippen LogP contribution in [0.2, 0.25) is 0 Å². The Bertz CT molecular complexity index is 1610. The molecule has 4 aromatic rings. The number of carbonyl (C=O) groups is 1. The van der Waals surface area contributed by atoms with Crippen molar-refractivity contribution < 1.29 is 9.53 Å². The molecule has 1 amide bonds. The molecule has 2 atom stereocenters. The van der Waals surface area contributed by atoms with Gasteiger partial charge in [0.05, 0.1) is 43.2 Å². The Morgan fingerprint density at radius 1 is 1.02 bits per heavy atom. The number of carbonyl (C=O) groups excluding carboxylic acids is 1. The van der Waals surface area contributed by atoms with Crippen LogP contribution in [0.4, 0.5) is 5.69 Å². The first-order chi connectivity index (χ1) is 20.4. The lowest BCUT2D eigenvalue weighted by atomic mass is 9.99. The van der Waals surface area contributed by atoms with E-state index in [0.717, 1.165) is 85.9 Å². The highest BCUT2D eigenvalue weighted by atomic mass is 16.5. The molecular formula is C32H36N8O2. The summed E-state index contributed by atoms with van der Waals surface area (Å²) in [4.78, 5) is 19.0. The van der Waals surface area contributed by atoms with Crippen molar-refractivity contribution in [3.63, 3.8) is 0 Å². The average Bonchev–Trinajstić information content (AvgIpc) is 3.67. The normalized spacial score (nSPS) is 19.6. The predicted octanol–water partition coefficient (Wildman–Crippen LogP) is 3.68. The topological polar surface area (TPSA) is 94.9 Å². The predicted molar refractivity (Wildman–Crippen MR) is 162 cm³/mol. The average molecular weight is 565 g/mol. The van der Waals surface area contributed by atoms with Crippen LogP contribution in [0.25, 0.3) is 27.8 Å². The zero-order valence-corrected chi connectivity index (χ0v) is 24.2. The van der Waals surface area contributed by atoms with Gasteiger partial charge in [0.15, 0.2) is 0 Å². The molecule has 2 aliphatic heterocycles. The highest BCUT2D eigenvalue weighted by molar-refractivity contribution is 5.89. The molecule has 0 N–H and O–H groups in total. The smallest absolute Gasteiger partial charge is 0.246 e. The monoisotopic (exact) mass is 564 g/mol. The number of anilines is 1. The quantitative estimate of drug-likeness (QED) is 0.316. The van der Waals surface area contributed by atoms with Gasteiger partial charge < -0.3 is 14.5 Å². The number of pyridine rings is 1. The maximum Gasteiger partial charge on any atom is 0.246 e. The van der Waals surface area contributed by atoms with Crippen molar-refractivity contribution in [3.05, 3.63) is 73.3 Å². The van der Waals surface area contributed by atoms with E-state index in [0.29, 0.717) is 5.56 Å². The summed E-state index contributed by atoms with van der Waals surface area (Å²) < 4.78 is 9.23. The second-order valence-electron chi connectivity index (χ2n) is 11.2. The van der Waals surface area contributed by atoms with Crippen LogP contribution in [-0.2, 0) is 16.1 Å². The molecule has 10 nitrogen and oxygen atoms in total. The lowest BCUT2D eigenvalue weighted by Crippen LogP contribution is -2.58. The fourth-order valence-electron chi connectivity index (χ4n) is 6.21. The molecule has 0 radical (unpaired) electrons. The van der Waals surface area contributed by atoms with E-state index in [1.54, 1.807) is 10.7 Å². The molecule has 1 aromatic carbocycles. The van der Waals surface area contributed by atoms with Gasteiger partial charge in [0.2, 0.25) is 5.91 Å². The number of ether oxygens (including phenoxy) is 1. The van der Waals surface area contributed by atoms with E-state index < -0.39 is 0 Å². The fraction of sp³-hybridized carbons (Fsp3) is 0.375. The number of morpholine rings is 1. The minimum Gasteiger partial charge on any atom is -0.379 e. The molecule has 2 aliphatic rings. The van der Waals surface area contributed by atoms with Crippen molar-refractivity contribution in [2.75, 3.05) is 50.8 Å². The highest BCUT2D eigenvalue weighted by Gasteiger charge is 2.31. The number of nitriles is 1. The summed E-state index contributed by atoms with van der Waals surface area (Å²) in [5, 5.41) is 18.9. The van der Waals surface area contributed by atoms with Crippen LogP contribution < -0.4 is 4.90 Å². The van der Waals surface area contributed by atoms with E-state index in [1.807, 2.05) is 22.0 Å². The molecule has 6 rings (SSSR count). The molecule has 0 unspecified atom stereocenters. The van der Waals surface area contributed by atoms with Crippen molar-refractivity contribution in [3.8, 4) is 28.3 Å². The number of amides is 1. The minimum absolute atomic E-state index is 0.0226. The summed E-state index contributed by atoms with van der Waals surface area (Å²) >= 11 is 0. The van der Waals surface area contributed by atoms with E-state index in [4.69, 9.17) is 4.74 Å². The number of hydrogen-bond donors (Lipinski definition) is 0. The Morgan fingerprint density at radius 2 is 1.76 bits per heavy atom. The molecule has 10 heteroatoms. The van der Waals surface area contributed by atoms with Gasteiger partial charge in [-0.2, -0.15) is 15.5 Å². The van der Waals surface area contributed by atoms with Crippen molar-refractivity contribution in [2.24, 2.45) is 0 Å². The van der Waals surface area contributed by atoms with Crippen molar-refractivity contribution in [2.45, 2.75) is 32.5 Å². The summed E-state index contributed by atoms with van der Waals surface area (Å²) in [6.45, 7) is 14.5. The van der Waals surface area contributed by atoms with Crippen LogP contribution >= 0.6 is 0 Å². The molecule has 0 bridgehead atoms. The third-order valence-corrected chi connectivity index (χ3v) is 8.34. The van der Waals surface area contributed by atoms with E-state index in [2.05, 4.69) is 83.0 Å². The first kappa shape index (κ1) is 27.7. The number of benzene rings is 1. The molecule has 0 aliphatic carbocycles. The van der Waals surface area contributed by atoms with Crippen LogP contribution in [0.3, 0.4) is 0 Å². The molecule has 2 saturated heterocycles. The third-order valence-electron chi connectivity index (χ3n) is 8.34. The molecule has 5 heterocycles. The summed E-state index contributed by atoms with van der Waals surface area (Å²) in [5.74, 6) is -0.0226. The van der Waals surface area contributed by atoms with Crippen LogP contribution in [0, 0.1) is 11.3 Å². The summed E-state index contributed by atoms with van der Waals surface area (Å²) in [6.07, 6.45) is 8.94. The molecular weight excluding hydrogens is 528 g/mol. The van der Waals surface area contributed by atoms with E-state index >= 15 is 0 Å². The van der Waals surface area contributed by atoms with Crippen molar-refractivity contribution >= 4 is 17.1 Å². The van der Waals surface area contributed by atoms with Gasteiger partial charge in [-0.1, -0.05) is 18.7 Å². The number of fused-ring (bicyclic) bond motifs is 1. The van der Waals surface area contributed by atoms with E-state index in [1.165, 1.54) is 6.08 Å². The van der Waals surface area contributed by atoms with Crippen LogP contribution in [0.15, 0.2) is 67.8 Å².